The van der Waals surface area contributed by atoms with Gasteiger partial charge < -0.3 is 9.94 Å². The highest BCUT2D eigenvalue weighted by molar-refractivity contribution is 7.90. The molecule has 0 radical (unpaired) electrons. The van der Waals surface area contributed by atoms with E-state index in [1.54, 1.807) is 45.0 Å². The van der Waals surface area contributed by atoms with Gasteiger partial charge in [-0.15, -0.1) is 5.01 Å². The van der Waals surface area contributed by atoms with Crippen molar-refractivity contribution in [3.8, 4) is 16.9 Å². The molecule has 3 rings (SSSR count). The number of halogens is 3. The average Bonchev–Trinajstić information content (AvgIpc) is 3.41. The molecule has 13 nitrogen and oxygen atoms in total. The lowest BCUT2D eigenvalue weighted by Gasteiger charge is -2.29. The van der Waals surface area contributed by atoms with E-state index in [0.717, 1.165) is 40.5 Å². The maximum atomic E-state index is 13.5. The molecular formula is C29H35F3N6O7S. The highest BCUT2D eigenvalue weighted by atomic mass is 32.2. The number of nitrogens with zero attached hydrogens (tertiary/aromatic N) is 5. The molecule has 0 spiro atoms. The lowest BCUT2D eigenvalue weighted by Crippen LogP contribution is -2.56. The predicted octanol–water partition coefficient (Wildman–Crippen LogP) is 5.13. The van der Waals surface area contributed by atoms with Crippen LogP contribution in [0.5, 0.6) is 0 Å². The zero-order valence-electron chi connectivity index (χ0n) is 26.4. The Balaban J connectivity index is 1.79. The van der Waals surface area contributed by atoms with Gasteiger partial charge in [-0.25, -0.2) is 17.8 Å². The van der Waals surface area contributed by atoms with Crippen LogP contribution in [0.15, 0.2) is 64.8 Å². The summed E-state index contributed by atoms with van der Waals surface area (Å²) < 4.78 is 74.7. The Morgan fingerprint density at radius 3 is 2.13 bits per heavy atom. The Kier molecular flexibility index (Phi) is 10.1. The van der Waals surface area contributed by atoms with Gasteiger partial charge in [-0.2, -0.15) is 18.3 Å². The van der Waals surface area contributed by atoms with Gasteiger partial charge in [0.1, 0.15) is 0 Å². The number of carbonyl (C=O) groups is 2. The number of hydrogen-bond donors (Lipinski definition) is 1. The minimum atomic E-state index is -4.73. The first-order chi connectivity index (χ1) is 21.0. The Hall–Kier alpha value is -4.67. The van der Waals surface area contributed by atoms with E-state index in [1.807, 2.05) is 11.6 Å². The lowest BCUT2D eigenvalue weighted by molar-refractivity contribution is -0.718. The number of ether oxygens (including phenoxy) is 1. The summed E-state index contributed by atoms with van der Waals surface area (Å²) in [5.74, 6) is -1.73. The van der Waals surface area contributed by atoms with Crippen LogP contribution in [0.25, 0.3) is 16.9 Å². The van der Waals surface area contributed by atoms with Crippen LogP contribution in [-0.4, -0.2) is 58.9 Å². The monoisotopic (exact) mass is 668 g/mol. The van der Waals surface area contributed by atoms with Crippen molar-refractivity contribution < 1.29 is 45.7 Å². The first kappa shape index (κ1) is 35.8. The highest BCUT2D eigenvalue weighted by Crippen LogP contribution is 2.33. The number of alkyl halides is 3. The molecule has 17 heteroatoms. The Labute approximate surface area is 264 Å². The third-order valence-corrected chi connectivity index (χ3v) is 8.08. The molecule has 0 saturated carbocycles. The van der Waals surface area contributed by atoms with Crippen LogP contribution in [0.4, 0.5) is 13.2 Å². The fourth-order valence-corrected chi connectivity index (χ4v) is 4.70. The summed E-state index contributed by atoms with van der Waals surface area (Å²) in [4.78, 5) is 29.4. The van der Waals surface area contributed by atoms with Gasteiger partial charge in [0, 0.05) is 12.5 Å². The first-order valence-electron chi connectivity index (χ1n) is 13.7. The standard InChI is InChI=1S/C29H35F3N6O7S/c1-18-9-11-20(12-10-18)23-17-24(29(30,31)32)33-37(23)21-13-15-22(16-14-21)46(42,43)34-25(39)28(6,7)36(8)38(41)35-45-19(2)44-26(40)27(3,4)5/h9-17,19H,1-8H3,(H,34,39). The van der Waals surface area contributed by atoms with Gasteiger partial charge in [0.05, 0.1) is 33.7 Å². The largest absolute Gasteiger partial charge is 0.569 e. The second-order valence-corrected chi connectivity index (χ2v) is 13.5. The van der Waals surface area contributed by atoms with E-state index in [4.69, 9.17) is 9.57 Å². The van der Waals surface area contributed by atoms with E-state index >= 15 is 0 Å². The van der Waals surface area contributed by atoms with Crippen molar-refractivity contribution in [2.45, 2.75) is 71.4 Å². The van der Waals surface area contributed by atoms with Crippen molar-refractivity contribution >= 4 is 21.9 Å². The molecule has 0 saturated heterocycles. The molecule has 3 aromatic rings. The fraction of sp³-hybridized carbons (Fsp3) is 0.414. The number of aromatic nitrogens is 2. The maximum Gasteiger partial charge on any atom is 0.435 e. The van der Waals surface area contributed by atoms with E-state index < -0.39 is 51.0 Å². The molecule has 1 aromatic heterocycles. The molecule has 2 aromatic carbocycles. The van der Waals surface area contributed by atoms with Gasteiger partial charge >= 0.3 is 12.1 Å². The quantitative estimate of drug-likeness (QED) is 0.102. The third kappa shape index (κ3) is 8.32. The zero-order valence-corrected chi connectivity index (χ0v) is 27.2. The molecule has 0 aliphatic heterocycles. The van der Waals surface area contributed by atoms with E-state index in [9.17, 15) is 36.4 Å². The number of nitrogens with one attached hydrogen (secondary N) is 1. The normalized spacial score (nSPS) is 13.6. The number of benzene rings is 2. The van der Waals surface area contributed by atoms with E-state index in [-0.39, 0.29) is 21.2 Å². The van der Waals surface area contributed by atoms with Crippen molar-refractivity contribution in [1.82, 2.24) is 19.5 Å². The van der Waals surface area contributed by atoms with Gasteiger partial charge in [-0.1, -0.05) is 29.8 Å². The lowest BCUT2D eigenvalue weighted by atomic mass is 9.97. The second kappa shape index (κ2) is 13.0. The molecule has 250 valence electrons. The second-order valence-electron chi connectivity index (χ2n) is 11.9. The van der Waals surface area contributed by atoms with Gasteiger partial charge in [0.25, 0.3) is 22.2 Å². The molecule has 1 amide bonds. The van der Waals surface area contributed by atoms with Crippen molar-refractivity contribution in [3.63, 3.8) is 0 Å². The number of aryl methyl sites for hydroxylation is 1. The minimum absolute atomic E-state index is 0.118. The number of likely N-dealkylation sites (N-methyl/N-ethyl adjacent to an activating group) is 1. The molecule has 0 aliphatic carbocycles. The molecule has 0 aliphatic rings. The molecule has 0 bridgehead atoms. The Morgan fingerprint density at radius 1 is 1.04 bits per heavy atom. The number of esters is 1. The van der Waals surface area contributed by atoms with Crippen molar-refractivity contribution in [3.05, 3.63) is 71.1 Å². The number of carbonyl (C=O) groups excluding carboxylic acids is 2. The molecule has 1 atom stereocenters. The first-order valence-corrected chi connectivity index (χ1v) is 15.2. The summed E-state index contributed by atoms with van der Waals surface area (Å²) in [6.07, 6.45) is -5.97. The SMILES string of the molecule is Cc1ccc(-c2cc(C(F)(F)F)nn2-c2ccc(S(=O)(=O)NC(=O)C(C)(C)N(C)[N+]([O-])=NOC(C)OC(=O)C(C)(C)C)cc2)cc1. The van der Waals surface area contributed by atoms with Gasteiger partial charge in [-0.05, 0) is 71.9 Å². The van der Waals surface area contributed by atoms with Crippen molar-refractivity contribution in [2.75, 3.05) is 7.05 Å². The summed E-state index contributed by atoms with van der Waals surface area (Å²) >= 11 is 0. The van der Waals surface area contributed by atoms with E-state index in [1.165, 1.54) is 32.9 Å². The number of hydrazine groups is 1. The molecule has 1 heterocycles. The molecule has 1 N–H and O–H groups in total. The smallest absolute Gasteiger partial charge is 0.435 e. The van der Waals surface area contributed by atoms with Crippen LogP contribution in [0.3, 0.4) is 0 Å². The molecule has 46 heavy (non-hydrogen) atoms. The van der Waals surface area contributed by atoms with Crippen LogP contribution in [-0.2, 0) is 35.4 Å². The summed E-state index contributed by atoms with van der Waals surface area (Å²) in [5.41, 5.74) is -2.17. The summed E-state index contributed by atoms with van der Waals surface area (Å²) in [6.45, 7) is 10.5. The Bertz CT molecular complexity index is 1710. The van der Waals surface area contributed by atoms with Gasteiger partial charge in [0.15, 0.2) is 11.2 Å². The van der Waals surface area contributed by atoms with Gasteiger partial charge in [-0.3, -0.25) is 14.4 Å². The Morgan fingerprint density at radius 2 is 1.61 bits per heavy atom. The summed E-state index contributed by atoms with van der Waals surface area (Å²) in [5, 5.41) is 20.2. The maximum absolute atomic E-state index is 13.5. The predicted molar refractivity (Wildman–Crippen MR) is 158 cm³/mol. The van der Waals surface area contributed by atoms with Gasteiger partial charge in [0.2, 0.25) is 5.28 Å². The molecule has 1 unspecified atom stereocenters. The van der Waals surface area contributed by atoms with E-state index in [0.29, 0.717) is 5.56 Å². The summed E-state index contributed by atoms with van der Waals surface area (Å²) in [6, 6.07) is 12.3. The molecule has 0 fully saturated rings. The van der Waals surface area contributed by atoms with Crippen LogP contribution in [0.1, 0.15) is 52.8 Å². The fourth-order valence-electron chi connectivity index (χ4n) is 3.59. The topological polar surface area (TPSA) is 158 Å². The average molecular weight is 669 g/mol. The van der Waals surface area contributed by atoms with Crippen LogP contribution >= 0.6 is 0 Å². The molecular weight excluding hydrogens is 633 g/mol. The van der Waals surface area contributed by atoms with Crippen LogP contribution in [0.2, 0.25) is 0 Å². The van der Waals surface area contributed by atoms with Crippen LogP contribution < -0.4 is 4.72 Å². The minimum Gasteiger partial charge on any atom is -0.569 e. The zero-order chi connectivity index (χ0) is 34.8. The number of sulfonamides is 1. The summed E-state index contributed by atoms with van der Waals surface area (Å²) in [7, 11) is -3.36. The van der Waals surface area contributed by atoms with Crippen molar-refractivity contribution in [1.29, 1.82) is 0 Å². The third-order valence-electron chi connectivity index (χ3n) is 6.74. The number of rotatable bonds is 10. The van der Waals surface area contributed by atoms with Crippen LogP contribution in [0, 0.1) is 17.5 Å². The number of hydrogen-bond acceptors (Lipinski definition) is 9. The number of amides is 1. The van der Waals surface area contributed by atoms with E-state index in [2.05, 4.69) is 10.4 Å². The van der Waals surface area contributed by atoms with Crippen molar-refractivity contribution in [2.24, 2.45) is 10.7 Å². The highest BCUT2D eigenvalue weighted by Gasteiger charge is 2.41.